The summed E-state index contributed by atoms with van der Waals surface area (Å²) in [4.78, 5) is 12.5. The molecule has 0 aliphatic heterocycles. The van der Waals surface area contributed by atoms with Gasteiger partial charge in [0.1, 0.15) is 11.5 Å². The molecule has 1 aromatic carbocycles. The summed E-state index contributed by atoms with van der Waals surface area (Å²) in [6, 6.07) is 7.92. The number of furan rings is 1. The molecule has 0 fully saturated rings. The Kier molecular flexibility index (Phi) is 4.44. The van der Waals surface area contributed by atoms with Crippen molar-refractivity contribution < 1.29 is 18.0 Å². The van der Waals surface area contributed by atoms with Crippen molar-refractivity contribution in [3.05, 3.63) is 47.4 Å². The molecule has 0 saturated carbocycles. The third-order valence-electron chi connectivity index (χ3n) is 2.62. The third-order valence-corrected chi connectivity index (χ3v) is 3.35. The summed E-state index contributed by atoms with van der Waals surface area (Å²) in [5.74, 6) is -1.53. The first-order valence-electron chi connectivity index (χ1n) is 5.89. The SMILES string of the molecule is Cc1cc(C(=O)Nc2ccc(SC(F)F)cc2)c(C)o1. The zero-order valence-electron chi connectivity index (χ0n) is 10.9. The molecule has 0 spiro atoms. The minimum absolute atomic E-state index is 0.284. The number of benzene rings is 1. The largest absolute Gasteiger partial charge is 0.466 e. The highest BCUT2D eigenvalue weighted by molar-refractivity contribution is 7.99. The van der Waals surface area contributed by atoms with E-state index < -0.39 is 5.76 Å². The summed E-state index contributed by atoms with van der Waals surface area (Å²) in [6.45, 7) is 3.48. The van der Waals surface area contributed by atoms with Crippen LogP contribution in [0.15, 0.2) is 39.6 Å². The minimum atomic E-state index is -2.45. The Labute approximate surface area is 119 Å². The summed E-state index contributed by atoms with van der Waals surface area (Å²) in [5, 5.41) is 2.70. The van der Waals surface area contributed by atoms with E-state index in [1.807, 2.05) is 0 Å². The Morgan fingerprint density at radius 2 is 1.90 bits per heavy atom. The lowest BCUT2D eigenvalue weighted by Gasteiger charge is -2.05. The molecule has 0 saturated heterocycles. The van der Waals surface area contributed by atoms with Crippen molar-refractivity contribution in [3.63, 3.8) is 0 Å². The van der Waals surface area contributed by atoms with Gasteiger partial charge >= 0.3 is 0 Å². The highest BCUT2D eigenvalue weighted by atomic mass is 32.2. The van der Waals surface area contributed by atoms with Gasteiger partial charge in [-0.25, -0.2) is 0 Å². The number of hydrogen-bond donors (Lipinski definition) is 1. The minimum Gasteiger partial charge on any atom is -0.466 e. The number of thioether (sulfide) groups is 1. The van der Waals surface area contributed by atoms with Crippen LogP contribution in [0.3, 0.4) is 0 Å². The molecule has 106 valence electrons. The fraction of sp³-hybridized carbons (Fsp3) is 0.214. The van der Waals surface area contributed by atoms with Crippen LogP contribution in [0.25, 0.3) is 0 Å². The zero-order chi connectivity index (χ0) is 14.7. The molecule has 0 atom stereocenters. The van der Waals surface area contributed by atoms with E-state index >= 15 is 0 Å². The summed E-state index contributed by atoms with van der Waals surface area (Å²) in [6.07, 6.45) is 0. The zero-order valence-corrected chi connectivity index (χ0v) is 11.8. The Bertz CT molecular complexity index is 608. The molecule has 0 aliphatic carbocycles. The van der Waals surface area contributed by atoms with Gasteiger partial charge in [0.25, 0.3) is 11.7 Å². The van der Waals surface area contributed by atoms with Crippen molar-refractivity contribution in [1.29, 1.82) is 0 Å². The van der Waals surface area contributed by atoms with E-state index in [1.54, 1.807) is 44.2 Å². The monoisotopic (exact) mass is 297 g/mol. The van der Waals surface area contributed by atoms with Crippen LogP contribution in [-0.2, 0) is 0 Å². The van der Waals surface area contributed by atoms with Gasteiger partial charge in [-0.05, 0) is 44.2 Å². The van der Waals surface area contributed by atoms with Crippen LogP contribution >= 0.6 is 11.8 Å². The summed E-state index contributed by atoms with van der Waals surface area (Å²) < 4.78 is 29.7. The van der Waals surface area contributed by atoms with E-state index in [0.29, 0.717) is 39.4 Å². The maximum absolute atomic E-state index is 12.2. The predicted octanol–water partition coefficient (Wildman–Crippen LogP) is 4.46. The van der Waals surface area contributed by atoms with E-state index in [0.717, 1.165) is 0 Å². The first kappa shape index (κ1) is 14.6. The van der Waals surface area contributed by atoms with Gasteiger partial charge in [-0.1, -0.05) is 11.8 Å². The van der Waals surface area contributed by atoms with Crippen molar-refractivity contribution in [2.45, 2.75) is 24.5 Å². The number of rotatable bonds is 4. The second kappa shape index (κ2) is 6.09. The quantitative estimate of drug-likeness (QED) is 0.847. The van der Waals surface area contributed by atoms with E-state index in [2.05, 4.69) is 5.32 Å². The number of anilines is 1. The Morgan fingerprint density at radius 1 is 1.25 bits per heavy atom. The Hall–Kier alpha value is -1.82. The molecule has 2 rings (SSSR count). The van der Waals surface area contributed by atoms with Gasteiger partial charge in [-0.2, -0.15) is 8.78 Å². The fourth-order valence-electron chi connectivity index (χ4n) is 1.77. The van der Waals surface area contributed by atoms with Crippen LogP contribution in [0.1, 0.15) is 21.9 Å². The first-order valence-corrected chi connectivity index (χ1v) is 6.77. The Morgan fingerprint density at radius 3 is 2.40 bits per heavy atom. The number of amides is 1. The molecular weight excluding hydrogens is 284 g/mol. The molecule has 1 N–H and O–H groups in total. The summed E-state index contributed by atoms with van der Waals surface area (Å²) in [7, 11) is 0. The lowest BCUT2D eigenvalue weighted by atomic mass is 10.2. The van der Waals surface area contributed by atoms with E-state index in [4.69, 9.17) is 4.42 Å². The molecule has 0 bridgehead atoms. The van der Waals surface area contributed by atoms with E-state index in [-0.39, 0.29) is 5.91 Å². The molecular formula is C14H13F2NO2S. The normalized spacial score (nSPS) is 10.8. The van der Waals surface area contributed by atoms with Crippen LogP contribution in [0, 0.1) is 13.8 Å². The average molecular weight is 297 g/mol. The number of alkyl halides is 2. The fourth-order valence-corrected chi connectivity index (χ4v) is 2.27. The number of halogens is 2. The lowest BCUT2D eigenvalue weighted by Crippen LogP contribution is -2.11. The van der Waals surface area contributed by atoms with Crippen molar-refractivity contribution in [2.24, 2.45) is 0 Å². The number of carbonyl (C=O) groups excluding carboxylic acids is 1. The van der Waals surface area contributed by atoms with Crippen LogP contribution in [0.2, 0.25) is 0 Å². The van der Waals surface area contributed by atoms with Gasteiger partial charge in [-0.15, -0.1) is 0 Å². The number of nitrogens with one attached hydrogen (secondary N) is 1. The molecule has 0 aliphatic rings. The van der Waals surface area contributed by atoms with Crippen molar-refractivity contribution in [1.82, 2.24) is 0 Å². The maximum atomic E-state index is 12.2. The topological polar surface area (TPSA) is 42.2 Å². The highest BCUT2D eigenvalue weighted by Gasteiger charge is 2.13. The van der Waals surface area contributed by atoms with Gasteiger partial charge in [0.15, 0.2) is 0 Å². The van der Waals surface area contributed by atoms with Gasteiger partial charge in [0.05, 0.1) is 5.56 Å². The Balaban J connectivity index is 2.06. The van der Waals surface area contributed by atoms with Gasteiger partial charge in [0.2, 0.25) is 0 Å². The van der Waals surface area contributed by atoms with Crippen LogP contribution in [0.5, 0.6) is 0 Å². The molecule has 0 radical (unpaired) electrons. The van der Waals surface area contributed by atoms with Crippen LogP contribution in [0.4, 0.5) is 14.5 Å². The lowest BCUT2D eigenvalue weighted by molar-refractivity contribution is 0.102. The number of aryl methyl sites for hydroxylation is 2. The number of hydrogen-bond acceptors (Lipinski definition) is 3. The van der Waals surface area contributed by atoms with Crippen molar-refractivity contribution in [2.75, 3.05) is 5.32 Å². The van der Waals surface area contributed by atoms with Gasteiger partial charge < -0.3 is 9.73 Å². The standard InChI is InChI=1S/C14H13F2NO2S/c1-8-7-12(9(2)19-8)13(18)17-10-3-5-11(6-4-10)20-14(15)16/h3-7,14H,1-2H3,(H,17,18). The molecule has 20 heavy (non-hydrogen) atoms. The molecule has 2 aromatic rings. The van der Waals surface area contributed by atoms with Crippen molar-refractivity contribution in [3.8, 4) is 0 Å². The molecule has 6 heteroatoms. The predicted molar refractivity (Wildman–Crippen MR) is 74.4 cm³/mol. The first-order chi connectivity index (χ1) is 9.45. The summed E-state index contributed by atoms with van der Waals surface area (Å²) >= 11 is 0.467. The van der Waals surface area contributed by atoms with Crippen LogP contribution in [-0.4, -0.2) is 11.7 Å². The smallest absolute Gasteiger partial charge is 0.288 e. The number of carbonyl (C=O) groups is 1. The molecule has 0 unspecified atom stereocenters. The highest BCUT2D eigenvalue weighted by Crippen LogP contribution is 2.26. The molecule has 1 heterocycles. The molecule has 1 amide bonds. The maximum Gasteiger partial charge on any atom is 0.288 e. The van der Waals surface area contributed by atoms with Gasteiger partial charge in [-0.3, -0.25) is 4.79 Å². The summed E-state index contributed by atoms with van der Waals surface area (Å²) in [5.41, 5.74) is 1.01. The van der Waals surface area contributed by atoms with Crippen molar-refractivity contribution >= 4 is 23.4 Å². The average Bonchev–Trinajstić information content (AvgIpc) is 2.70. The van der Waals surface area contributed by atoms with Crippen LogP contribution < -0.4 is 5.32 Å². The van der Waals surface area contributed by atoms with E-state index in [9.17, 15) is 13.6 Å². The second-order valence-electron chi connectivity index (χ2n) is 4.18. The third kappa shape index (κ3) is 3.60. The van der Waals surface area contributed by atoms with Gasteiger partial charge in [0, 0.05) is 10.6 Å². The second-order valence-corrected chi connectivity index (χ2v) is 5.25. The molecule has 1 aromatic heterocycles. The molecule has 3 nitrogen and oxygen atoms in total. The van der Waals surface area contributed by atoms with E-state index in [1.165, 1.54) is 0 Å².